The summed E-state index contributed by atoms with van der Waals surface area (Å²) in [7, 11) is 4.86. The Morgan fingerprint density at radius 3 is 2.76 bits per heavy atom. The summed E-state index contributed by atoms with van der Waals surface area (Å²) in [6.07, 6.45) is 3.17. The summed E-state index contributed by atoms with van der Waals surface area (Å²) in [5.74, 6) is -0.530. The quantitative estimate of drug-likeness (QED) is 0.721. The normalized spacial score (nSPS) is 10.5. The van der Waals surface area contributed by atoms with Crippen molar-refractivity contribution >= 4 is 5.97 Å². The zero-order valence-corrected chi connectivity index (χ0v) is 9.72. The maximum atomic E-state index is 11.6. The van der Waals surface area contributed by atoms with Crippen LogP contribution in [0.4, 0.5) is 0 Å². The van der Waals surface area contributed by atoms with Crippen LogP contribution in [0.2, 0.25) is 0 Å². The van der Waals surface area contributed by atoms with Gasteiger partial charge < -0.3 is 9.75 Å². The first-order valence-corrected chi connectivity index (χ1v) is 4.91. The highest BCUT2D eigenvalue weighted by molar-refractivity contribution is 5.95. The van der Waals surface area contributed by atoms with Crippen molar-refractivity contribution in [2.75, 3.05) is 26.2 Å². The van der Waals surface area contributed by atoms with E-state index in [1.807, 2.05) is 0 Å². The van der Waals surface area contributed by atoms with Crippen molar-refractivity contribution in [3.05, 3.63) is 28.3 Å². The Kier molecular flexibility index (Phi) is 2.58. The Labute approximate surface area is 96.9 Å². The predicted octanol–water partition coefficient (Wildman–Crippen LogP) is -0.340. The van der Waals surface area contributed by atoms with Gasteiger partial charge in [0.05, 0.1) is 12.7 Å². The zero-order valence-electron chi connectivity index (χ0n) is 9.72. The van der Waals surface area contributed by atoms with Crippen molar-refractivity contribution in [2.24, 2.45) is 0 Å². The van der Waals surface area contributed by atoms with E-state index in [1.54, 1.807) is 36.2 Å². The average molecular weight is 236 g/mol. The monoisotopic (exact) mass is 236 g/mol. The summed E-state index contributed by atoms with van der Waals surface area (Å²) in [5.41, 5.74) is 0.583. The van der Waals surface area contributed by atoms with E-state index in [-0.39, 0.29) is 11.1 Å². The van der Waals surface area contributed by atoms with Crippen LogP contribution in [0.3, 0.4) is 0 Å². The van der Waals surface area contributed by atoms with Gasteiger partial charge in [0.2, 0.25) is 0 Å². The Balaban J connectivity index is 2.73. The number of rotatable bonds is 2. The van der Waals surface area contributed by atoms with Crippen molar-refractivity contribution in [1.29, 1.82) is 0 Å². The summed E-state index contributed by atoms with van der Waals surface area (Å²) < 4.78 is 6.28. The van der Waals surface area contributed by atoms with Gasteiger partial charge in [-0.2, -0.15) is 5.10 Å². The topological polar surface area (TPSA) is 80.2 Å². The van der Waals surface area contributed by atoms with Gasteiger partial charge in [-0.15, -0.1) is 0 Å². The molecule has 0 unspecified atom stereocenters. The summed E-state index contributed by atoms with van der Waals surface area (Å²) in [6, 6.07) is 0. The van der Waals surface area contributed by atoms with Crippen LogP contribution >= 0.6 is 0 Å². The summed E-state index contributed by atoms with van der Waals surface area (Å²) >= 11 is 0. The average Bonchev–Trinajstić information content (AvgIpc) is 2.69. The van der Waals surface area contributed by atoms with E-state index in [0.29, 0.717) is 11.3 Å². The second-order valence-corrected chi connectivity index (χ2v) is 3.71. The molecule has 2 aliphatic heterocycles. The minimum atomic E-state index is -0.530. The molecule has 0 bridgehead atoms. The molecule has 2 heterocycles. The molecule has 0 atom stereocenters. The maximum Gasteiger partial charge on any atom is 0.341 e. The lowest BCUT2D eigenvalue weighted by Gasteiger charge is -2.18. The molecule has 0 aromatic rings. The fraction of sp³-hybridized carbons (Fsp3) is 0.300. The minimum Gasteiger partial charge on any atom is -0.465 e. The number of aromatic nitrogens is 3. The van der Waals surface area contributed by atoms with Gasteiger partial charge in [-0.25, -0.2) is 9.89 Å². The van der Waals surface area contributed by atoms with Gasteiger partial charge in [0.15, 0.2) is 0 Å². The van der Waals surface area contributed by atoms with Crippen LogP contribution in [0.25, 0.3) is 11.3 Å². The molecule has 0 fully saturated rings. The highest BCUT2D eigenvalue weighted by atomic mass is 16.5. The molecule has 0 saturated heterocycles. The summed E-state index contributed by atoms with van der Waals surface area (Å²) in [5, 5.41) is 7.85. The van der Waals surface area contributed by atoms with Gasteiger partial charge in [0.25, 0.3) is 5.56 Å². The summed E-state index contributed by atoms with van der Waals surface area (Å²) in [6.45, 7) is 0. The van der Waals surface area contributed by atoms with Gasteiger partial charge in [0.1, 0.15) is 11.3 Å². The predicted molar refractivity (Wildman–Crippen MR) is 60.9 cm³/mol. The van der Waals surface area contributed by atoms with Crippen LogP contribution in [-0.2, 0) is 4.74 Å². The highest BCUT2D eigenvalue weighted by Gasteiger charge is 2.22. The number of fused-ring (bicyclic) bond motifs is 1. The van der Waals surface area contributed by atoms with Crippen molar-refractivity contribution < 1.29 is 9.53 Å². The first-order chi connectivity index (χ1) is 8.04. The molecular weight excluding hydrogens is 224 g/mol. The largest absolute Gasteiger partial charge is 0.465 e. The Bertz CT molecular complexity index is 584. The second-order valence-electron chi connectivity index (χ2n) is 3.71. The van der Waals surface area contributed by atoms with E-state index in [9.17, 15) is 9.59 Å². The third-order valence-electron chi connectivity index (χ3n) is 2.41. The van der Waals surface area contributed by atoms with E-state index >= 15 is 0 Å². The molecule has 0 spiro atoms. The molecule has 17 heavy (non-hydrogen) atoms. The van der Waals surface area contributed by atoms with E-state index in [4.69, 9.17) is 0 Å². The van der Waals surface area contributed by atoms with Gasteiger partial charge >= 0.3 is 5.97 Å². The van der Waals surface area contributed by atoms with Crippen molar-refractivity contribution in [1.82, 2.24) is 14.9 Å². The van der Waals surface area contributed by atoms with Crippen molar-refractivity contribution in [2.45, 2.75) is 0 Å². The lowest BCUT2D eigenvalue weighted by Crippen LogP contribution is -2.26. The van der Waals surface area contributed by atoms with E-state index in [2.05, 4.69) is 14.9 Å². The van der Waals surface area contributed by atoms with E-state index in [0.717, 1.165) is 0 Å². The Hall–Kier alpha value is -2.31. The molecule has 90 valence electrons. The van der Waals surface area contributed by atoms with Gasteiger partial charge in [-0.1, -0.05) is 0 Å². The number of carbonyl (C=O) groups is 1. The van der Waals surface area contributed by atoms with Gasteiger partial charge in [-0.05, 0) is 0 Å². The van der Waals surface area contributed by atoms with E-state index in [1.165, 1.54) is 7.11 Å². The highest BCUT2D eigenvalue weighted by Crippen LogP contribution is 2.20. The zero-order chi connectivity index (χ0) is 12.6. The number of methoxy groups -OCH3 is 1. The molecular formula is C10H12N4O3. The van der Waals surface area contributed by atoms with Crippen LogP contribution < -0.4 is 10.6 Å². The minimum absolute atomic E-state index is 0.247. The number of carbonyl (C=O) groups excluding carboxylic acids is 1. The fourth-order valence-electron chi connectivity index (χ4n) is 1.51. The van der Waals surface area contributed by atoms with Crippen LogP contribution in [-0.4, -0.2) is 42.0 Å². The second kappa shape index (κ2) is 3.93. The first kappa shape index (κ1) is 11.2. The molecule has 0 aliphatic carbocycles. The number of ether oxygens (including phenoxy) is 1. The van der Waals surface area contributed by atoms with E-state index < -0.39 is 5.97 Å². The summed E-state index contributed by atoms with van der Waals surface area (Å²) in [4.78, 5) is 23.1. The molecule has 1 N–H and O–H groups in total. The molecule has 2 aliphatic rings. The number of hydrogen-bond donors (Lipinski definition) is 1. The molecule has 0 radical (unpaired) electrons. The number of esters is 1. The number of nitrogens with zero attached hydrogens (tertiary/aromatic N) is 3. The molecule has 2 rings (SSSR count). The number of pyridine rings is 1. The molecule has 0 saturated carbocycles. The van der Waals surface area contributed by atoms with Crippen LogP contribution in [0, 0.1) is 0 Å². The lowest BCUT2D eigenvalue weighted by molar-refractivity contribution is 0.0600. The Morgan fingerprint density at radius 2 is 2.18 bits per heavy atom. The lowest BCUT2D eigenvalue weighted by atomic mass is 10.1. The molecule has 7 heteroatoms. The number of nitrogens with one attached hydrogen (secondary N) is 1. The molecule has 7 nitrogen and oxygen atoms in total. The smallest absolute Gasteiger partial charge is 0.341 e. The van der Waals surface area contributed by atoms with Crippen LogP contribution in [0.1, 0.15) is 10.4 Å². The van der Waals surface area contributed by atoms with Gasteiger partial charge in [-0.3, -0.25) is 9.47 Å². The number of hydrogen-bond acceptors (Lipinski definition) is 5. The fourth-order valence-corrected chi connectivity index (χ4v) is 1.51. The number of H-pyrrole nitrogens is 1. The van der Waals surface area contributed by atoms with Crippen LogP contribution in [0.15, 0.2) is 17.2 Å². The van der Waals surface area contributed by atoms with Crippen molar-refractivity contribution in [3.8, 4) is 11.3 Å². The molecule has 0 aromatic heterocycles. The molecule has 0 amide bonds. The first-order valence-electron chi connectivity index (χ1n) is 4.91. The number of aromatic amines is 1. The SMILES string of the molecule is COC(=O)c1cn(N(C)C)cc2c(=O)[nH]nc1-2. The van der Waals surface area contributed by atoms with Crippen molar-refractivity contribution in [3.63, 3.8) is 0 Å². The standard InChI is InChI=1S/C10H12N4O3/c1-13(2)14-4-6-8(11-12-9(6)15)7(5-14)10(16)17-3/h4-5H,1-3H3,(H,12,15). The third-order valence-corrected chi connectivity index (χ3v) is 2.41. The third kappa shape index (κ3) is 1.75. The van der Waals surface area contributed by atoms with Gasteiger partial charge in [0, 0.05) is 26.5 Å². The molecule has 0 aromatic carbocycles. The van der Waals surface area contributed by atoms with Crippen LogP contribution in [0.5, 0.6) is 0 Å². The Morgan fingerprint density at radius 1 is 1.47 bits per heavy atom. The maximum absolute atomic E-state index is 11.6.